The average molecular weight is 339 g/mol. The molecule has 2 amide bonds. The maximum Gasteiger partial charge on any atom is 0.267 e. The highest BCUT2D eigenvalue weighted by molar-refractivity contribution is 6.08. The number of H-pyrrole nitrogens is 1. The number of pyridine rings is 1. The van der Waals surface area contributed by atoms with E-state index in [1.165, 1.54) is 24.3 Å². The molecule has 2 aromatic heterocycles. The number of nitrogens with zero attached hydrogens (tertiary/aromatic N) is 1. The summed E-state index contributed by atoms with van der Waals surface area (Å²) in [5.74, 6) is -1.19. The number of aromatic amines is 1. The van der Waals surface area contributed by atoms with Gasteiger partial charge in [-0.15, -0.1) is 0 Å². The van der Waals surface area contributed by atoms with E-state index in [-0.39, 0.29) is 16.9 Å². The molecule has 3 aromatic rings. The normalized spacial score (nSPS) is 10.3. The van der Waals surface area contributed by atoms with Gasteiger partial charge in [0.2, 0.25) is 0 Å². The molecule has 126 valence electrons. The lowest BCUT2D eigenvalue weighted by Gasteiger charge is -2.04. The van der Waals surface area contributed by atoms with Crippen LogP contribution in [0.1, 0.15) is 20.8 Å². The third kappa shape index (κ3) is 3.81. The predicted octanol–water partition coefficient (Wildman–Crippen LogP) is 2.64. The zero-order chi connectivity index (χ0) is 17.8. The third-order valence-corrected chi connectivity index (χ3v) is 3.38. The van der Waals surface area contributed by atoms with Crippen LogP contribution in [0.25, 0.3) is 0 Å². The Bertz CT molecular complexity index is 907. The number of aromatic nitrogens is 2. The van der Waals surface area contributed by atoms with Crippen LogP contribution in [0.2, 0.25) is 0 Å². The number of benzene rings is 1. The zero-order valence-electron chi connectivity index (χ0n) is 12.9. The van der Waals surface area contributed by atoms with Crippen molar-refractivity contribution < 1.29 is 14.0 Å². The second-order valence-corrected chi connectivity index (χ2v) is 5.16. The second kappa shape index (κ2) is 6.83. The van der Waals surface area contributed by atoms with E-state index in [9.17, 15) is 14.0 Å². The Morgan fingerprint density at radius 1 is 1.08 bits per heavy atom. The first-order valence-corrected chi connectivity index (χ1v) is 7.30. The van der Waals surface area contributed by atoms with Crippen LogP contribution in [0.3, 0.4) is 0 Å². The van der Waals surface area contributed by atoms with Crippen LogP contribution in [0.5, 0.6) is 0 Å². The fourth-order valence-corrected chi connectivity index (χ4v) is 2.20. The highest BCUT2D eigenvalue weighted by atomic mass is 19.1. The molecule has 0 aliphatic carbocycles. The molecule has 0 aliphatic heterocycles. The number of carbonyl (C=O) groups excluding carboxylic acids is 2. The maximum absolute atomic E-state index is 12.9. The van der Waals surface area contributed by atoms with Crippen LogP contribution in [-0.2, 0) is 0 Å². The number of nitrogens with one attached hydrogen (secondary N) is 3. The van der Waals surface area contributed by atoms with Crippen molar-refractivity contribution in [2.75, 3.05) is 10.6 Å². The molecule has 0 saturated carbocycles. The number of carbonyl (C=O) groups is 2. The van der Waals surface area contributed by atoms with E-state index in [1.54, 1.807) is 30.6 Å². The summed E-state index contributed by atoms with van der Waals surface area (Å²) in [4.78, 5) is 30.6. The van der Waals surface area contributed by atoms with Crippen molar-refractivity contribution in [1.29, 1.82) is 0 Å². The molecule has 1 aromatic carbocycles. The molecule has 0 atom stereocenters. The van der Waals surface area contributed by atoms with E-state index >= 15 is 0 Å². The van der Waals surface area contributed by atoms with Gasteiger partial charge < -0.3 is 21.4 Å². The molecular formula is C17H14FN5O2. The Balaban J connectivity index is 1.83. The molecule has 0 unspecified atom stereocenters. The van der Waals surface area contributed by atoms with E-state index in [4.69, 9.17) is 5.73 Å². The number of amides is 2. The summed E-state index contributed by atoms with van der Waals surface area (Å²) >= 11 is 0. The Morgan fingerprint density at radius 3 is 2.40 bits per heavy atom. The van der Waals surface area contributed by atoms with Gasteiger partial charge >= 0.3 is 0 Å². The minimum atomic E-state index is -0.725. The van der Waals surface area contributed by atoms with Crippen molar-refractivity contribution in [3.8, 4) is 0 Å². The van der Waals surface area contributed by atoms with Gasteiger partial charge in [0.15, 0.2) is 0 Å². The summed E-state index contributed by atoms with van der Waals surface area (Å²) in [6.07, 6.45) is 3.22. The lowest BCUT2D eigenvalue weighted by Crippen LogP contribution is -2.17. The molecule has 0 spiro atoms. The summed E-state index contributed by atoms with van der Waals surface area (Å²) in [5, 5.41) is 5.62. The molecular weight excluding hydrogens is 325 g/mol. The van der Waals surface area contributed by atoms with Gasteiger partial charge in [-0.3, -0.25) is 14.6 Å². The number of hydrogen-bond acceptors (Lipinski definition) is 4. The maximum atomic E-state index is 12.9. The average Bonchev–Trinajstić information content (AvgIpc) is 2.99. The monoisotopic (exact) mass is 339 g/mol. The molecule has 3 rings (SSSR count). The molecule has 8 heteroatoms. The van der Waals surface area contributed by atoms with E-state index < -0.39 is 17.6 Å². The first-order chi connectivity index (χ1) is 12.0. The van der Waals surface area contributed by atoms with Crippen LogP contribution in [-0.4, -0.2) is 21.8 Å². The molecule has 0 saturated heterocycles. The molecule has 7 nitrogen and oxygen atoms in total. The number of anilines is 3. The van der Waals surface area contributed by atoms with Gasteiger partial charge in [-0.05, 0) is 36.4 Å². The molecule has 0 bridgehead atoms. The highest BCUT2D eigenvalue weighted by Crippen LogP contribution is 2.24. The topological polar surface area (TPSA) is 113 Å². The lowest BCUT2D eigenvalue weighted by atomic mass is 10.2. The van der Waals surface area contributed by atoms with Crippen molar-refractivity contribution in [3.63, 3.8) is 0 Å². The minimum Gasteiger partial charge on any atom is -0.364 e. The zero-order valence-corrected chi connectivity index (χ0v) is 12.9. The number of rotatable bonds is 5. The van der Waals surface area contributed by atoms with Crippen molar-refractivity contribution in [2.24, 2.45) is 5.73 Å². The summed E-state index contributed by atoms with van der Waals surface area (Å²) in [5.41, 5.74) is 6.61. The van der Waals surface area contributed by atoms with E-state index in [0.29, 0.717) is 5.82 Å². The van der Waals surface area contributed by atoms with Gasteiger partial charge in [0.05, 0.1) is 5.69 Å². The van der Waals surface area contributed by atoms with Crippen LogP contribution >= 0.6 is 0 Å². The minimum absolute atomic E-state index is 0.0482. The lowest BCUT2D eigenvalue weighted by molar-refractivity contribution is 0.0997. The van der Waals surface area contributed by atoms with Gasteiger partial charge in [-0.2, -0.15) is 0 Å². The van der Waals surface area contributed by atoms with Crippen LogP contribution in [0, 0.1) is 5.82 Å². The quantitative estimate of drug-likeness (QED) is 0.572. The standard InChI is InChI=1S/C17H14FN5O2/c18-11-3-1-10(2-4-11)17(25)22-13-9-14(23-15(13)16(19)24)21-12-5-7-20-8-6-12/h1-9,23H,(H2,19,24)(H,20,21)(H,22,25). The molecule has 25 heavy (non-hydrogen) atoms. The second-order valence-electron chi connectivity index (χ2n) is 5.16. The van der Waals surface area contributed by atoms with Crippen LogP contribution in [0.4, 0.5) is 21.6 Å². The number of hydrogen-bond donors (Lipinski definition) is 4. The van der Waals surface area contributed by atoms with E-state index in [2.05, 4.69) is 20.6 Å². The Labute approximate surface area is 142 Å². The molecule has 2 heterocycles. The van der Waals surface area contributed by atoms with Gasteiger partial charge in [0, 0.05) is 29.7 Å². The SMILES string of the molecule is NC(=O)c1[nH]c(Nc2ccncc2)cc1NC(=O)c1ccc(F)cc1. The van der Waals surface area contributed by atoms with Gasteiger partial charge in [0.25, 0.3) is 11.8 Å². The van der Waals surface area contributed by atoms with Crippen molar-refractivity contribution in [3.05, 3.63) is 71.9 Å². The summed E-state index contributed by atoms with van der Waals surface area (Å²) in [6.45, 7) is 0. The fourth-order valence-electron chi connectivity index (χ4n) is 2.20. The number of halogens is 1. The Morgan fingerprint density at radius 2 is 1.76 bits per heavy atom. The van der Waals surface area contributed by atoms with Gasteiger partial charge in [0.1, 0.15) is 17.3 Å². The first-order valence-electron chi connectivity index (χ1n) is 7.30. The van der Waals surface area contributed by atoms with Crippen LogP contribution < -0.4 is 16.4 Å². The fraction of sp³-hybridized carbons (Fsp3) is 0. The van der Waals surface area contributed by atoms with Crippen molar-refractivity contribution in [2.45, 2.75) is 0 Å². The van der Waals surface area contributed by atoms with Crippen molar-refractivity contribution in [1.82, 2.24) is 9.97 Å². The predicted molar refractivity (Wildman–Crippen MR) is 91.2 cm³/mol. The number of primary amides is 1. The summed E-state index contributed by atoms with van der Waals surface area (Å²) in [6, 6.07) is 10.1. The van der Waals surface area contributed by atoms with E-state index in [0.717, 1.165) is 5.69 Å². The van der Waals surface area contributed by atoms with Gasteiger partial charge in [-0.25, -0.2) is 4.39 Å². The van der Waals surface area contributed by atoms with E-state index in [1.807, 2.05) is 0 Å². The summed E-state index contributed by atoms with van der Waals surface area (Å²) < 4.78 is 12.9. The Kier molecular flexibility index (Phi) is 4.42. The molecule has 0 fully saturated rings. The molecule has 5 N–H and O–H groups in total. The van der Waals surface area contributed by atoms with Gasteiger partial charge in [-0.1, -0.05) is 0 Å². The third-order valence-electron chi connectivity index (χ3n) is 3.38. The highest BCUT2D eigenvalue weighted by Gasteiger charge is 2.16. The largest absolute Gasteiger partial charge is 0.364 e. The number of nitrogens with two attached hydrogens (primary N) is 1. The Hall–Kier alpha value is -3.68. The van der Waals surface area contributed by atoms with Crippen molar-refractivity contribution >= 4 is 29.0 Å². The molecule has 0 aliphatic rings. The summed E-state index contributed by atoms with van der Waals surface area (Å²) in [7, 11) is 0. The van der Waals surface area contributed by atoms with Crippen LogP contribution in [0.15, 0.2) is 54.9 Å². The first kappa shape index (κ1) is 16.2. The smallest absolute Gasteiger partial charge is 0.267 e. The molecule has 0 radical (unpaired) electrons.